The van der Waals surface area contributed by atoms with Gasteiger partial charge < -0.3 is 20.5 Å². The first-order valence-electron chi connectivity index (χ1n) is 10.00. The summed E-state index contributed by atoms with van der Waals surface area (Å²) in [7, 11) is 0. The third-order valence-electron chi connectivity index (χ3n) is 4.58. The zero-order chi connectivity index (χ0) is 23.1. The normalized spacial score (nSPS) is 12.5. The Bertz CT molecular complexity index is 1020. The molecule has 10 heteroatoms. The summed E-state index contributed by atoms with van der Waals surface area (Å²) in [5, 5.41) is 15.9. The molecule has 3 aromatic rings. The maximum Gasteiger partial charge on any atom is 0.573 e. The summed E-state index contributed by atoms with van der Waals surface area (Å²) in [6.45, 7) is 4.14. The molecule has 0 spiro atoms. The standard InChI is InChI=1S/C22H24F3N5O2/c1-14(2)19(13-31)29-21-28-18(15-6-5-8-17(10-15)32-22(23,24)25)11-20(30-21)27-12-16-7-3-4-9-26-16/h3-11,14,19,31H,12-13H2,1-2H3,(H2,27,28,29,30)/t19-/m0/s1. The third kappa shape index (κ3) is 6.81. The van der Waals surface area contributed by atoms with Gasteiger partial charge in [-0.05, 0) is 30.2 Å². The van der Waals surface area contributed by atoms with Crippen LogP contribution in [-0.4, -0.2) is 39.1 Å². The number of benzene rings is 1. The monoisotopic (exact) mass is 447 g/mol. The second kappa shape index (κ2) is 10.3. The van der Waals surface area contributed by atoms with Crippen LogP contribution >= 0.6 is 0 Å². The van der Waals surface area contributed by atoms with Crippen molar-refractivity contribution in [2.75, 3.05) is 17.2 Å². The first-order valence-corrected chi connectivity index (χ1v) is 10.00. The van der Waals surface area contributed by atoms with Crippen molar-refractivity contribution in [3.8, 4) is 17.0 Å². The Balaban J connectivity index is 1.93. The van der Waals surface area contributed by atoms with Gasteiger partial charge in [0.05, 0.1) is 30.6 Å². The number of hydrogen-bond donors (Lipinski definition) is 3. The topological polar surface area (TPSA) is 92.2 Å². The molecule has 0 amide bonds. The van der Waals surface area contributed by atoms with Crippen LogP contribution in [0.4, 0.5) is 24.9 Å². The van der Waals surface area contributed by atoms with Crippen LogP contribution in [0.2, 0.25) is 0 Å². The van der Waals surface area contributed by atoms with Gasteiger partial charge >= 0.3 is 6.36 Å². The number of aliphatic hydroxyl groups excluding tert-OH is 1. The molecule has 0 aliphatic carbocycles. The quantitative estimate of drug-likeness (QED) is 0.445. The SMILES string of the molecule is CC(C)[C@H](CO)Nc1nc(NCc2ccccn2)cc(-c2cccc(OC(F)(F)F)c2)n1. The van der Waals surface area contributed by atoms with E-state index in [0.29, 0.717) is 23.6 Å². The zero-order valence-electron chi connectivity index (χ0n) is 17.6. The summed E-state index contributed by atoms with van der Waals surface area (Å²) in [4.78, 5) is 13.1. The first-order chi connectivity index (χ1) is 15.2. The maximum atomic E-state index is 12.6. The van der Waals surface area contributed by atoms with Gasteiger partial charge in [0, 0.05) is 17.8 Å². The highest BCUT2D eigenvalue weighted by Crippen LogP contribution is 2.29. The summed E-state index contributed by atoms with van der Waals surface area (Å²) in [6, 6.07) is 12.4. The molecule has 1 aromatic carbocycles. The zero-order valence-corrected chi connectivity index (χ0v) is 17.6. The van der Waals surface area contributed by atoms with Crippen molar-refractivity contribution in [3.05, 3.63) is 60.4 Å². The number of rotatable bonds is 9. The van der Waals surface area contributed by atoms with Crippen molar-refractivity contribution in [1.29, 1.82) is 0 Å². The van der Waals surface area contributed by atoms with Crippen molar-refractivity contribution in [3.63, 3.8) is 0 Å². The molecule has 0 fully saturated rings. The minimum atomic E-state index is -4.79. The van der Waals surface area contributed by atoms with Crippen LogP contribution in [0.1, 0.15) is 19.5 Å². The first kappa shape index (κ1) is 23.3. The highest BCUT2D eigenvalue weighted by Gasteiger charge is 2.31. The van der Waals surface area contributed by atoms with Crippen molar-refractivity contribution < 1.29 is 23.0 Å². The summed E-state index contributed by atoms with van der Waals surface area (Å²) in [6.07, 6.45) is -3.12. The van der Waals surface area contributed by atoms with E-state index in [2.05, 4.69) is 30.3 Å². The number of aliphatic hydroxyl groups is 1. The molecule has 0 aliphatic heterocycles. The lowest BCUT2D eigenvalue weighted by molar-refractivity contribution is -0.274. The predicted molar refractivity (Wildman–Crippen MR) is 115 cm³/mol. The fraction of sp³-hybridized carbons (Fsp3) is 0.318. The number of hydrogen-bond acceptors (Lipinski definition) is 7. The highest BCUT2D eigenvalue weighted by molar-refractivity contribution is 5.66. The number of alkyl halides is 3. The van der Waals surface area contributed by atoms with Gasteiger partial charge in [-0.25, -0.2) is 4.98 Å². The van der Waals surface area contributed by atoms with E-state index in [4.69, 9.17) is 0 Å². The number of ether oxygens (including phenoxy) is 1. The molecule has 3 rings (SSSR count). The van der Waals surface area contributed by atoms with Gasteiger partial charge in [-0.15, -0.1) is 13.2 Å². The van der Waals surface area contributed by atoms with Crippen LogP contribution in [0.25, 0.3) is 11.3 Å². The van der Waals surface area contributed by atoms with Crippen molar-refractivity contribution in [2.45, 2.75) is 32.8 Å². The Morgan fingerprint density at radius 2 is 1.88 bits per heavy atom. The smallest absolute Gasteiger partial charge is 0.406 e. The lowest BCUT2D eigenvalue weighted by atomic mass is 10.1. The lowest BCUT2D eigenvalue weighted by Crippen LogP contribution is -2.30. The molecule has 0 unspecified atom stereocenters. The Hall–Kier alpha value is -3.40. The highest BCUT2D eigenvalue weighted by atomic mass is 19.4. The summed E-state index contributed by atoms with van der Waals surface area (Å²) in [5.74, 6) is 0.439. The number of halogens is 3. The fourth-order valence-corrected chi connectivity index (χ4v) is 2.88. The van der Waals surface area contributed by atoms with Crippen molar-refractivity contribution in [2.24, 2.45) is 5.92 Å². The fourth-order valence-electron chi connectivity index (χ4n) is 2.88. The maximum absolute atomic E-state index is 12.6. The third-order valence-corrected chi connectivity index (χ3v) is 4.58. The minimum absolute atomic E-state index is 0.0979. The second-order valence-electron chi connectivity index (χ2n) is 7.39. The molecule has 170 valence electrons. The van der Waals surface area contributed by atoms with Gasteiger partial charge in [-0.3, -0.25) is 4.98 Å². The van der Waals surface area contributed by atoms with Crippen LogP contribution in [0.5, 0.6) is 5.75 Å². The molecule has 1 atom stereocenters. The van der Waals surface area contributed by atoms with Crippen molar-refractivity contribution >= 4 is 11.8 Å². The number of nitrogens with one attached hydrogen (secondary N) is 2. The molecular weight excluding hydrogens is 423 g/mol. The van der Waals surface area contributed by atoms with E-state index in [1.807, 2.05) is 32.0 Å². The molecule has 2 heterocycles. The van der Waals surface area contributed by atoms with Gasteiger partial charge in [-0.1, -0.05) is 32.0 Å². The predicted octanol–water partition coefficient (Wildman–Crippen LogP) is 4.48. The van der Waals surface area contributed by atoms with Gasteiger partial charge in [0.25, 0.3) is 0 Å². The summed E-state index contributed by atoms with van der Waals surface area (Å²) in [5.41, 5.74) is 1.60. The summed E-state index contributed by atoms with van der Waals surface area (Å²) >= 11 is 0. The van der Waals surface area contributed by atoms with E-state index in [9.17, 15) is 18.3 Å². The van der Waals surface area contributed by atoms with Crippen LogP contribution in [0, 0.1) is 5.92 Å². The molecular formula is C22H24F3N5O2. The Morgan fingerprint density at radius 3 is 2.53 bits per heavy atom. The average Bonchev–Trinajstić information content (AvgIpc) is 2.75. The average molecular weight is 447 g/mol. The Kier molecular flexibility index (Phi) is 7.47. The second-order valence-corrected chi connectivity index (χ2v) is 7.39. The van der Waals surface area contributed by atoms with E-state index >= 15 is 0 Å². The van der Waals surface area contributed by atoms with Crippen LogP contribution in [-0.2, 0) is 6.54 Å². The lowest BCUT2D eigenvalue weighted by Gasteiger charge is -2.21. The molecule has 2 aromatic heterocycles. The largest absolute Gasteiger partial charge is 0.573 e. The van der Waals surface area contributed by atoms with Crippen LogP contribution in [0.3, 0.4) is 0 Å². The number of aromatic nitrogens is 3. The van der Waals surface area contributed by atoms with E-state index < -0.39 is 6.36 Å². The molecule has 7 nitrogen and oxygen atoms in total. The van der Waals surface area contributed by atoms with Crippen LogP contribution in [0.15, 0.2) is 54.7 Å². The number of anilines is 2. The van der Waals surface area contributed by atoms with Gasteiger partial charge in [-0.2, -0.15) is 4.98 Å². The molecule has 0 aliphatic rings. The van der Waals surface area contributed by atoms with Crippen molar-refractivity contribution in [1.82, 2.24) is 15.0 Å². The molecule has 3 N–H and O–H groups in total. The molecule has 0 radical (unpaired) electrons. The van der Waals surface area contributed by atoms with E-state index in [-0.39, 0.29) is 30.3 Å². The number of nitrogens with zero attached hydrogens (tertiary/aromatic N) is 3. The molecule has 0 bridgehead atoms. The minimum Gasteiger partial charge on any atom is -0.406 e. The van der Waals surface area contributed by atoms with Crippen LogP contribution < -0.4 is 15.4 Å². The van der Waals surface area contributed by atoms with Gasteiger partial charge in [0.1, 0.15) is 11.6 Å². The van der Waals surface area contributed by atoms with E-state index in [1.165, 1.54) is 18.2 Å². The number of pyridine rings is 1. The van der Waals surface area contributed by atoms with E-state index in [0.717, 1.165) is 5.69 Å². The Morgan fingerprint density at radius 1 is 1.06 bits per heavy atom. The molecule has 0 saturated carbocycles. The van der Waals surface area contributed by atoms with Gasteiger partial charge in [0.2, 0.25) is 5.95 Å². The van der Waals surface area contributed by atoms with Gasteiger partial charge in [0.15, 0.2) is 0 Å². The molecule has 32 heavy (non-hydrogen) atoms. The van der Waals surface area contributed by atoms with E-state index in [1.54, 1.807) is 18.3 Å². The molecule has 0 saturated heterocycles. The summed E-state index contributed by atoms with van der Waals surface area (Å²) < 4.78 is 41.9. The Labute approximate surface area is 183 Å².